The van der Waals surface area contributed by atoms with Crippen LogP contribution >= 0.6 is 0 Å². The van der Waals surface area contributed by atoms with Gasteiger partial charge in [-0.15, -0.1) is 0 Å². The third-order valence-corrected chi connectivity index (χ3v) is 2.23. The van der Waals surface area contributed by atoms with Gasteiger partial charge in [0.25, 0.3) is 0 Å². The van der Waals surface area contributed by atoms with E-state index in [1.165, 1.54) is 5.56 Å². The first-order valence-corrected chi connectivity index (χ1v) is 4.65. The molecule has 0 unspecified atom stereocenters. The second-order valence-corrected chi connectivity index (χ2v) is 3.42. The van der Waals surface area contributed by atoms with Gasteiger partial charge in [-0.1, -0.05) is 0 Å². The molecule has 0 N–H and O–H groups in total. The van der Waals surface area contributed by atoms with E-state index in [0.29, 0.717) is 0 Å². The molecular formula is C12H13N2+. The van der Waals surface area contributed by atoms with Crippen LogP contribution in [0.4, 0.5) is 0 Å². The standard InChI is InChI=1S/C12H13N2/c1-10-6-7-13-11(9-10)12-5-3-4-8-14(12)2/h3-9H,1-2H3/q+1. The summed E-state index contributed by atoms with van der Waals surface area (Å²) in [5, 5.41) is 0. The van der Waals surface area contributed by atoms with E-state index < -0.39 is 0 Å². The summed E-state index contributed by atoms with van der Waals surface area (Å²) in [4.78, 5) is 4.35. The van der Waals surface area contributed by atoms with Crippen LogP contribution < -0.4 is 4.57 Å². The van der Waals surface area contributed by atoms with E-state index in [1.807, 2.05) is 37.6 Å². The molecule has 0 radical (unpaired) electrons. The molecule has 70 valence electrons. The summed E-state index contributed by atoms with van der Waals surface area (Å²) in [6.07, 6.45) is 3.87. The molecule has 0 atom stereocenters. The smallest absolute Gasteiger partial charge is 0.230 e. The zero-order valence-electron chi connectivity index (χ0n) is 8.44. The van der Waals surface area contributed by atoms with Gasteiger partial charge in [0.05, 0.1) is 0 Å². The second kappa shape index (κ2) is 3.58. The van der Waals surface area contributed by atoms with E-state index in [-0.39, 0.29) is 0 Å². The first-order valence-electron chi connectivity index (χ1n) is 4.65. The normalized spacial score (nSPS) is 10.1. The topological polar surface area (TPSA) is 16.8 Å². The quantitative estimate of drug-likeness (QED) is 0.620. The molecule has 2 aromatic rings. The lowest BCUT2D eigenvalue weighted by molar-refractivity contribution is -0.660. The number of hydrogen-bond acceptors (Lipinski definition) is 1. The molecule has 0 aromatic carbocycles. The maximum atomic E-state index is 4.35. The molecule has 0 amide bonds. The first-order chi connectivity index (χ1) is 6.77. The van der Waals surface area contributed by atoms with E-state index >= 15 is 0 Å². The third kappa shape index (κ3) is 1.64. The van der Waals surface area contributed by atoms with Crippen molar-refractivity contribution in [2.45, 2.75) is 6.92 Å². The maximum absolute atomic E-state index is 4.35. The Bertz CT molecular complexity index is 450. The van der Waals surface area contributed by atoms with Crippen LogP contribution in [0, 0.1) is 6.92 Å². The van der Waals surface area contributed by atoms with E-state index in [2.05, 4.69) is 28.6 Å². The van der Waals surface area contributed by atoms with Crippen LogP contribution in [0.1, 0.15) is 5.56 Å². The predicted octanol–water partition coefficient (Wildman–Crippen LogP) is 1.88. The first kappa shape index (κ1) is 8.88. The number of hydrogen-bond donors (Lipinski definition) is 0. The summed E-state index contributed by atoms with van der Waals surface area (Å²) in [5.74, 6) is 0. The molecule has 2 rings (SSSR count). The summed E-state index contributed by atoms with van der Waals surface area (Å²) in [6.45, 7) is 2.08. The van der Waals surface area contributed by atoms with Gasteiger partial charge in [-0.05, 0) is 30.7 Å². The number of aryl methyl sites for hydroxylation is 2. The van der Waals surface area contributed by atoms with Gasteiger partial charge in [0.15, 0.2) is 6.20 Å². The Balaban J connectivity index is 2.55. The average Bonchev–Trinajstić information content (AvgIpc) is 2.18. The van der Waals surface area contributed by atoms with Gasteiger partial charge < -0.3 is 0 Å². The summed E-state index contributed by atoms with van der Waals surface area (Å²) in [6, 6.07) is 10.2. The highest BCUT2D eigenvalue weighted by Gasteiger charge is 2.08. The highest BCUT2D eigenvalue weighted by molar-refractivity contribution is 5.50. The minimum Gasteiger partial charge on any atom is -0.250 e. The Kier molecular flexibility index (Phi) is 2.27. The summed E-state index contributed by atoms with van der Waals surface area (Å²) in [7, 11) is 2.03. The average molecular weight is 185 g/mol. The fraction of sp³-hybridized carbons (Fsp3) is 0.167. The molecule has 0 aliphatic rings. The van der Waals surface area contributed by atoms with Crippen molar-refractivity contribution in [2.24, 2.45) is 7.05 Å². The summed E-state index contributed by atoms with van der Waals surface area (Å²) in [5.41, 5.74) is 3.39. The maximum Gasteiger partial charge on any atom is 0.230 e. The second-order valence-electron chi connectivity index (χ2n) is 3.42. The Hall–Kier alpha value is -1.70. The molecule has 2 nitrogen and oxygen atoms in total. The highest BCUT2D eigenvalue weighted by Crippen LogP contribution is 2.12. The lowest BCUT2D eigenvalue weighted by Crippen LogP contribution is -2.30. The van der Waals surface area contributed by atoms with Crippen LogP contribution in [0.15, 0.2) is 42.7 Å². The summed E-state index contributed by atoms with van der Waals surface area (Å²) >= 11 is 0. The van der Waals surface area contributed by atoms with Gasteiger partial charge in [-0.25, -0.2) is 4.98 Å². The van der Waals surface area contributed by atoms with Crippen LogP contribution in [0.2, 0.25) is 0 Å². The van der Waals surface area contributed by atoms with Gasteiger partial charge in [0.1, 0.15) is 12.7 Å². The molecule has 14 heavy (non-hydrogen) atoms. The molecule has 0 bridgehead atoms. The minimum absolute atomic E-state index is 1.02. The fourth-order valence-electron chi connectivity index (χ4n) is 1.47. The summed E-state index contributed by atoms with van der Waals surface area (Å²) < 4.78 is 2.07. The molecule has 2 heteroatoms. The van der Waals surface area contributed by atoms with E-state index in [9.17, 15) is 0 Å². The van der Waals surface area contributed by atoms with Gasteiger partial charge in [0.2, 0.25) is 5.69 Å². The molecular weight excluding hydrogens is 172 g/mol. The van der Waals surface area contributed by atoms with Crippen LogP contribution in [-0.4, -0.2) is 4.98 Å². The zero-order valence-corrected chi connectivity index (χ0v) is 8.44. The van der Waals surface area contributed by atoms with Gasteiger partial charge in [-0.2, -0.15) is 4.57 Å². The predicted molar refractivity (Wildman–Crippen MR) is 55.6 cm³/mol. The molecule has 2 heterocycles. The van der Waals surface area contributed by atoms with Crippen molar-refractivity contribution in [3.05, 3.63) is 48.3 Å². The molecule has 2 aromatic heterocycles. The lowest BCUT2D eigenvalue weighted by Gasteiger charge is -1.99. The van der Waals surface area contributed by atoms with Crippen molar-refractivity contribution in [1.82, 2.24) is 4.98 Å². The van der Waals surface area contributed by atoms with Crippen molar-refractivity contribution in [3.8, 4) is 11.4 Å². The highest BCUT2D eigenvalue weighted by atomic mass is 14.9. The Labute approximate surface area is 83.9 Å². The number of rotatable bonds is 1. The number of nitrogens with zero attached hydrogens (tertiary/aromatic N) is 2. The van der Waals surface area contributed by atoms with Gasteiger partial charge >= 0.3 is 0 Å². The van der Waals surface area contributed by atoms with Crippen LogP contribution in [0.3, 0.4) is 0 Å². The Morgan fingerprint density at radius 1 is 1.21 bits per heavy atom. The fourth-order valence-corrected chi connectivity index (χ4v) is 1.47. The lowest BCUT2D eigenvalue weighted by atomic mass is 10.2. The van der Waals surface area contributed by atoms with E-state index in [4.69, 9.17) is 0 Å². The largest absolute Gasteiger partial charge is 0.250 e. The monoisotopic (exact) mass is 185 g/mol. The minimum atomic E-state index is 1.02. The molecule has 0 aliphatic heterocycles. The Morgan fingerprint density at radius 2 is 2.07 bits per heavy atom. The van der Waals surface area contributed by atoms with Crippen molar-refractivity contribution < 1.29 is 4.57 Å². The van der Waals surface area contributed by atoms with Gasteiger partial charge in [-0.3, -0.25) is 0 Å². The van der Waals surface area contributed by atoms with E-state index in [0.717, 1.165) is 11.4 Å². The van der Waals surface area contributed by atoms with Crippen molar-refractivity contribution >= 4 is 0 Å². The molecule has 0 saturated carbocycles. The van der Waals surface area contributed by atoms with Gasteiger partial charge in [0, 0.05) is 18.3 Å². The van der Waals surface area contributed by atoms with Crippen LogP contribution in [0.25, 0.3) is 11.4 Å². The molecule has 0 spiro atoms. The van der Waals surface area contributed by atoms with Crippen molar-refractivity contribution in [2.75, 3.05) is 0 Å². The Morgan fingerprint density at radius 3 is 2.79 bits per heavy atom. The zero-order chi connectivity index (χ0) is 9.97. The SMILES string of the molecule is Cc1ccnc(-c2cccc[n+]2C)c1. The van der Waals surface area contributed by atoms with E-state index in [1.54, 1.807) is 0 Å². The number of pyridine rings is 2. The molecule has 0 fully saturated rings. The number of aromatic nitrogens is 2. The van der Waals surface area contributed by atoms with Crippen molar-refractivity contribution in [3.63, 3.8) is 0 Å². The molecule has 0 saturated heterocycles. The molecule has 0 aliphatic carbocycles. The van der Waals surface area contributed by atoms with Crippen LogP contribution in [0.5, 0.6) is 0 Å². The third-order valence-electron chi connectivity index (χ3n) is 2.23. The van der Waals surface area contributed by atoms with Crippen molar-refractivity contribution in [1.29, 1.82) is 0 Å². The van der Waals surface area contributed by atoms with Crippen LogP contribution in [-0.2, 0) is 7.05 Å².